The van der Waals surface area contributed by atoms with E-state index in [4.69, 9.17) is 9.47 Å². The molecule has 1 aliphatic heterocycles. The Labute approximate surface area is 136 Å². The van der Waals surface area contributed by atoms with E-state index in [9.17, 15) is 4.79 Å². The summed E-state index contributed by atoms with van der Waals surface area (Å²) in [5.41, 5.74) is 5.26. The molecule has 1 aliphatic rings. The van der Waals surface area contributed by atoms with Crippen molar-refractivity contribution in [3.63, 3.8) is 0 Å². The molecule has 4 heteroatoms. The predicted molar refractivity (Wildman–Crippen MR) is 90.5 cm³/mol. The van der Waals surface area contributed by atoms with E-state index >= 15 is 0 Å². The highest BCUT2D eigenvalue weighted by molar-refractivity contribution is 6.04. The van der Waals surface area contributed by atoms with Gasteiger partial charge in [-0.15, -0.1) is 0 Å². The number of methoxy groups -OCH3 is 2. The monoisotopic (exact) mass is 311 g/mol. The lowest BCUT2D eigenvalue weighted by atomic mass is 9.90. The Morgan fingerprint density at radius 2 is 1.87 bits per heavy atom. The first-order chi connectivity index (χ1) is 11.0. The van der Waals surface area contributed by atoms with Crippen molar-refractivity contribution in [3.05, 3.63) is 52.6 Å². The van der Waals surface area contributed by atoms with Gasteiger partial charge in [0.15, 0.2) is 0 Å². The van der Waals surface area contributed by atoms with Gasteiger partial charge < -0.3 is 14.8 Å². The van der Waals surface area contributed by atoms with Crippen molar-refractivity contribution in [3.8, 4) is 11.5 Å². The number of carbonyl (C=O) groups is 1. The number of fused-ring (bicyclic) bond motifs is 1. The molecule has 1 amide bonds. The lowest BCUT2D eigenvalue weighted by Crippen LogP contribution is -2.14. The summed E-state index contributed by atoms with van der Waals surface area (Å²) in [5, 5.41) is 3.02. The number of hydrogen-bond acceptors (Lipinski definition) is 3. The van der Waals surface area contributed by atoms with Crippen LogP contribution in [0.3, 0.4) is 0 Å². The fourth-order valence-corrected chi connectivity index (χ4v) is 3.26. The van der Waals surface area contributed by atoms with Crippen LogP contribution in [0, 0.1) is 13.8 Å². The van der Waals surface area contributed by atoms with Crippen LogP contribution in [0.5, 0.6) is 11.5 Å². The Morgan fingerprint density at radius 1 is 1.09 bits per heavy atom. The molecule has 2 aromatic carbocycles. The molecule has 1 heterocycles. The number of ether oxygens (including phenoxy) is 2. The molecule has 1 atom stereocenters. The van der Waals surface area contributed by atoms with Crippen LogP contribution in [0.15, 0.2) is 30.3 Å². The Kier molecular flexibility index (Phi) is 3.99. The molecule has 4 nitrogen and oxygen atoms in total. The molecule has 0 unspecified atom stereocenters. The van der Waals surface area contributed by atoms with E-state index in [2.05, 4.69) is 24.4 Å². The summed E-state index contributed by atoms with van der Waals surface area (Å²) in [6, 6.07) is 9.86. The zero-order valence-electron chi connectivity index (χ0n) is 13.9. The zero-order chi connectivity index (χ0) is 16.6. The van der Waals surface area contributed by atoms with E-state index in [1.807, 2.05) is 25.1 Å². The van der Waals surface area contributed by atoms with Gasteiger partial charge in [-0.2, -0.15) is 0 Å². The first-order valence-corrected chi connectivity index (χ1v) is 7.66. The van der Waals surface area contributed by atoms with Gasteiger partial charge in [0.25, 0.3) is 0 Å². The summed E-state index contributed by atoms with van der Waals surface area (Å²) in [4.78, 5) is 12.5. The molecular formula is C19H21NO3. The number of rotatable bonds is 4. The maximum atomic E-state index is 12.5. The minimum atomic E-state index is -0.204. The number of amides is 1. The number of nitrogens with one attached hydrogen (secondary N) is 1. The zero-order valence-corrected chi connectivity index (χ0v) is 13.9. The average molecular weight is 311 g/mol. The highest BCUT2D eigenvalue weighted by Gasteiger charge is 2.32. The molecule has 120 valence electrons. The van der Waals surface area contributed by atoms with Crippen molar-refractivity contribution in [1.82, 2.24) is 0 Å². The highest BCUT2D eigenvalue weighted by Crippen LogP contribution is 2.39. The molecule has 0 bridgehead atoms. The topological polar surface area (TPSA) is 47.6 Å². The van der Waals surface area contributed by atoms with Crippen molar-refractivity contribution in [1.29, 1.82) is 0 Å². The number of benzene rings is 2. The van der Waals surface area contributed by atoms with Crippen LogP contribution < -0.4 is 14.8 Å². The average Bonchev–Trinajstić information content (AvgIpc) is 2.84. The molecule has 0 aromatic heterocycles. The highest BCUT2D eigenvalue weighted by atomic mass is 16.5. The van der Waals surface area contributed by atoms with Gasteiger partial charge in [0.1, 0.15) is 11.5 Å². The third kappa shape index (κ3) is 2.77. The second-order valence-electron chi connectivity index (χ2n) is 5.97. The van der Waals surface area contributed by atoms with Crippen molar-refractivity contribution in [2.24, 2.45) is 0 Å². The molecule has 0 saturated heterocycles. The lowest BCUT2D eigenvalue weighted by Gasteiger charge is -2.14. The van der Waals surface area contributed by atoms with Gasteiger partial charge in [-0.25, -0.2) is 0 Å². The molecule has 2 aromatic rings. The summed E-state index contributed by atoms with van der Waals surface area (Å²) >= 11 is 0. The van der Waals surface area contributed by atoms with Gasteiger partial charge in [0, 0.05) is 5.69 Å². The minimum Gasteiger partial charge on any atom is -0.497 e. The third-order valence-corrected chi connectivity index (χ3v) is 4.36. The van der Waals surface area contributed by atoms with Crippen molar-refractivity contribution in [2.45, 2.75) is 26.2 Å². The number of hydrogen-bond donors (Lipinski definition) is 1. The van der Waals surface area contributed by atoms with Gasteiger partial charge in [-0.1, -0.05) is 17.7 Å². The maximum Gasteiger partial charge on any atom is 0.232 e. The Morgan fingerprint density at radius 3 is 2.57 bits per heavy atom. The van der Waals surface area contributed by atoms with E-state index in [1.165, 1.54) is 5.56 Å². The summed E-state index contributed by atoms with van der Waals surface area (Å²) in [6.07, 6.45) is 0.585. The molecule has 0 aliphatic carbocycles. The van der Waals surface area contributed by atoms with E-state index in [0.717, 1.165) is 33.9 Å². The van der Waals surface area contributed by atoms with Gasteiger partial charge in [0.05, 0.1) is 20.1 Å². The fourth-order valence-electron chi connectivity index (χ4n) is 3.26. The summed E-state index contributed by atoms with van der Waals surface area (Å²) < 4.78 is 10.7. The van der Waals surface area contributed by atoms with E-state index in [-0.39, 0.29) is 11.8 Å². The Bertz CT molecular complexity index is 767. The first kappa shape index (κ1) is 15.4. The number of anilines is 1. The molecule has 0 saturated carbocycles. The third-order valence-electron chi connectivity index (χ3n) is 4.36. The van der Waals surface area contributed by atoms with Gasteiger partial charge in [-0.3, -0.25) is 4.79 Å². The molecular weight excluding hydrogens is 290 g/mol. The lowest BCUT2D eigenvalue weighted by molar-refractivity contribution is -0.117. The van der Waals surface area contributed by atoms with E-state index < -0.39 is 0 Å². The largest absolute Gasteiger partial charge is 0.497 e. The standard InChI is InChI=1S/C19H21NO3/c1-11-7-12(2)18-15(8-11)16(19(21)20-18)10-13-9-14(22-3)5-6-17(13)23-4/h5-9,16H,10H2,1-4H3,(H,20,21)/t16-/m0/s1. The molecule has 0 spiro atoms. The van der Waals surface area contributed by atoms with Crippen LogP contribution in [0.2, 0.25) is 0 Å². The minimum absolute atomic E-state index is 0.0403. The van der Waals surface area contributed by atoms with Crippen molar-refractivity contribution in [2.75, 3.05) is 19.5 Å². The van der Waals surface area contributed by atoms with Crippen molar-refractivity contribution < 1.29 is 14.3 Å². The molecule has 23 heavy (non-hydrogen) atoms. The van der Waals surface area contributed by atoms with E-state index in [1.54, 1.807) is 14.2 Å². The second kappa shape index (κ2) is 5.95. The fraction of sp³-hybridized carbons (Fsp3) is 0.316. The quantitative estimate of drug-likeness (QED) is 0.938. The normalized spacial score (nSPS) is 16.0. The van der Waals surface area contributed by atoms with Crippen LogP contribution in [-0.2, 0) is 11.2 Å². The molecule has 1 N–H and O–H groups in total. The second-order valence-corrected chi connectivity index (χ2v) is 5.97. The van der Waals surface area contributed by atoms with Crippen molar-refractivity contribution >= 4 is 11.6 Å². The summed E-state index contributed by atoms with van der Waals surface area (Å²) in [7, 11) is 3.28. The summed E-state index contributed by atoms with van der Waals surface area (Å²) in [6.45, 7) is 4.08. The van der Waals surface area contributed by atoms with Crippen LogP contribution in [0.1, 0.15) is 28.2 Å². The smallest absolute Gasteiger partial charge is 0.232 e. The van der Waals surface area contributed by atoms with Crippen LogP contribution >= 0.6 is 0 Å². The van der Waals surface area contributed by atoms with E-state index in [0.29, 0.717) is 6.42 Å². The molecule has 0 fully saturated rings. The van der Waals surface area contributed by atoms with Crippen LogP contribution in [0.4, 0.5) is 5.69 Å². The van der Waals surface area contributed by atoms with Crippen LogP contribution in [0.25, 0.3) is 0 Å². The first-order valence-electron chi connectivity index (χ1n) is 7.66. The Hall–Kier alpha value is -2.49. The number of aryl methyl sites for hydroxylation is 2. The number of carbonyl (C=O) groups excluding carboxylic acids is 1. The molecule has 3 rings (SSSR count). The van der Waals surface area contributed by atoms with Gasteiger partial charge in [0.2, 0.25) is 5.91 Å². The van der Waals surface area contributed by atoms with Gasteiger partial charge in [-0.05, 0) is 55.2 Å². The Balaban J connectivity index is 2.00. The van der Waals surface area contributed by atoms with Gasteiger partial charge >= 0.3 is 0 Å². The maximum absolute atomic E-state index is 12.5. The summed E-state index contributed by atoms with van der Waals surface area (Å²) in [5.74, 6) is 1.37. The predicted octanol–water partition coefficient (Wildman–Crippen LogP) is 3.60. The molecule has 0 radical (unpaired) electrons. The SMILES string of the molecule is COc1ccc(OC)c(C[C@@H]2C(=O)Nc3c(C)cc(C)cc32)c1. The van der Waals surface area contributed by atoms with Crippen LogP contribution in [-0.4, -0.2) is 20.1 Å².